The number of urea groups is 1. The minimum Gasteiger partial charge on any atom is -0.391 e. The van der Waals surface area contributed by atoms with Gasteiger partial charge in [0, 0.05) is 61.8 Å². The highest BCUT2D eigenvalue weighted by Crippen LogP contribution is 2.18. The Bertz CT molecular complexity index is 1110. The van der Waals surface area contributed by atoms with Crippen molar-refractivity contribution in [1.29, 1.82) is 0 Å². The Morgan fingerprint density at radius 3 is 1.78 bits per heavy atom. The van der Waals surface area contributed by atoms with Gasteiger partial charge in [0.2, 0.25) is 0 Å². The Morgan fingerprint density at radius 1 is 0.838 bits per heavy atom. The molecule has 2 saturated heterocycles. The van der Waals surface area contributed by atoms with Crippen LogP contribution in [0.4, 0.5) is 16.2 Å². The number of morpholine rings is 1. The molecule has 4 N–H and O–H groups in total. The first-order valence-corrected chi connectivity index (χ1v) is 12.4. The average Bonchev–Trinajstić information content (AvgIpc) is 2.95. The molecule has 10 heteroatoms. The number of hydrogen-bond donors (Lipinski definition) is 4. The molecule has 2 aliphatic heterocycles. The van der Waals surface area contributed by atoms with Crippen LogP contribution < -0.4 is 20.6 Å². The van der Waals surface area contributed by atoms with Gasteiger partial charge >= 0.3 is 6.03 Å². The molecule has 0 unspecified atom stereocenters. The lowest BCUT2D eigenvalue weighted by Crippen LogP contribution is -2.58. The number of hydrogen-bond acceptors (Lipinski definition) is 7. The number of piperazine rings is 1. The third-order valence-corrected chi connectivity index (χ3v) is 6.55. The lowest BCUT2D eigenvalue weighted by Gasteiger charge is -2.36. The number of ether oxygens (including phenoxy) is 1. The lowest BCUT2D eigenvalue weighted by molar-refractivity contribution is -0.133. The van der Waals surface area contributed by atoms with E-state index in [-0.39, 0.29) is 0 Å². The van der Waals surface area contributed by atoms with Gasteiger partial charge in [0.15, 0.2) is 0 Å². The number of carbonyl (C=O) groups is 2. The van der Waals surface area contributed by atoms with Crippen molar-refractivity contribution >= 4 is 23.3 Å². The van der Waals surface area contributed by atoms with E-state index in [2.05, 4.69) is 39.1 Å². The summed E-state index contributed by atoms with van der Waals surface area (Å²) in [6, 6.07) is 14.6. The largest absolute Gasteiger partial charge is 0.391 e. The predicted molar refractivity (Wildman–Crippen MR) is 140 cm³/mol. The van der Waals surface area contributed by atoms with E-state index in [0.29, 0.717) is 26.2 Å². The second-order valence-corrected chi connectivity index (χ2v) is 9.06. The highest BCUT2D eigenvalue weighted by molar-refractivity contribution is 5.87. The molecule has 10 nitrogen and oxygen atoms in total. The van der Waals surface area contributed by atoms with E-state index in [1.807, 2.05) is 36.4 Å². The van der Waals surface area contributed by atoms with Gasteiger partial charge in [-0.1, -0.05) is 11.8 Å². The van der Waals surface area contributed by atoms with Crippen molar-refractivity contribution in [3.8, 4) is 11.8 Å². The van der Waals surface area contributed by atoms with Gasteiger partial charge in [0.05, 0.1) is 19.3 Å². The van der Waals surface area contributed by atoms with Crippen molar-refractivity contribution in [3.63, 3.8) is 0 Å². The Kier molecular flexibility index (Phi) is 8.85. The maximum Gasteiger partial charge on any atom is 0.318 e. The third-order valence-electron chi connectivity index (χ3n) is 6.55. The lowest BCUT2D eigenvalue weighted by atomic mass is 10.1. The number of rotatable bonds is 5. The fourth-order valence-corrected chi connectivity index (χ4v) is 4.34. The van der Waals surface area contributed by atoms with Crippen LogP contribution in [-0.4, -0.2) is 91.8 Å². The Hall–Kier alpha value is -3.78. The molecule has 0 saturated carbocycles. The Balaban J connectivity index is 1.28. The van der Waals surface area contributed by atoms with Gasteiger partial charge < -0.3 is 29.9 Å². The van der Waals surface area contributed by atoms with E-state index < -0.39 is 24.1 Å². The molecule has 2 atom stereocenters. The zero-order chi connectivity index (χ0) is 26.2. The van der Waals surface area contributed by atoms with Gasteiger partial charge in [0.1, 0.15) is 6.04 Å². The minimum atomic E-state index is -1.23. The number of aliphatic hydroxyl groups is 1. The fourth-order valence-electron chi connectivity index (χ4n) is 4.34. The van der Waals surface area contributed by atoms with Crippen molar-refractivity contribution in [2.24, 2.45) is 0 Å². The maximum atomic E-state index is 12.5. The third kappa shape index (κ3) is 6.92. The molecule has 0 spiro atoms. The van der Waals surface area contributed by atoms with E-state index in [1.165, 1.54) is 18.1 Å². The number of aliphatic hydroxyl groups excluding tert-OH is 1. The summed E-state index contributed by atoms with van der Waals surface area (Å²) in [6.45, 7) is 6.88. The first-order chi connectivity index (χ1) is 17.9. The molecular weight excluding hydrogens is 474 g/mol. The number of carbonyl (C=O) groups excluding carboxylic acids is 2. The van der Waals surface area contributed by atoms with Crippen LogP contribution in [0.5, 0.6) is 0 Å². The molecule has 0 aliphatic carbocycles. The van der Waals surface area contributed by atoms with Gasteiger partial charge in [-0.05, 0) is 55.5 Å². The Morgan fingerprint density at radius 2 is 1.32 bits per heavy atom. The number of nitrogens with zero attached hydrogens (tertiary/aromatic N) is 3. The highest BCUT2D eigenvalue weighted by atomic mass is 16.5. The summed E-state index contributed by atoms with van der Waals surface area (Å²) >= 11 is 0. The van der Waals surface area contributed by atoms with Crippen LogP contribution >= 0.6 is 0 Å². The van der Waals surface area contributed by atoms with Crippen LogP contribution in [-0.2, 0) is 9.53 Å². The first kappa shape index (κ1) is 26.3. The molecule has 37 heavy (non-hydrogen) atoms. The van der Waals surface area contributed by atoms with Gasteiger partial charge in [-0.2, -0.15) is 0 Å². The molecule has 2 aliphatic rings. The van der Waals surface area contributed by atoms with E-state index in [0.717, 1.165) is 43.1 Å². The zero-order valence-electron chi connectivity index (χ0n) is 20.9. The zero-order valence-corrected chi connectivity index (χ0v) is 20.9. The molecule has 2 heterocycles. The fraction of sp³-hybridized carbons (Fsp3) is 0.407. The van der Waals surface area contributed by atoms with Gasteiger partial charge in [0.25, 0.3) is 5.91 Å². The molecule has 0 bridgehead atoms. The topological polar surface area (TPSA) is 118 Å². The molecular formula is C27H33N5O5. The van der Waals surface area contributed by atoms with Gasteiger partial charge in [-0.3, -0.25) is 10.0 Å². The number of hydroxylamine groups is 1. The molecule has 2 fully saturated rings. The van der Waals surface area contributed by atoms with Crippen molar-refractivity contribution in [1.82, 2.24) is 15.7 Å². The normalized spacial score (nSPS) is 17.3. The summed E-state index contributed by atoms with van der Waals surface area (Å²) in [4.78, 5) is 30.2. The molecule has 196 valence electrons. The van der Waals surface area contributed by atoms with Gasteiger partial charge in [-0.25, -0.2) is 10.3 Å². The van der Waals surface area contributed by atoms with Crippen molar-refractivity contribution in [2.45, 2.75) is 19.1 Å². The average molecular weight is 508 g/mol. The summed E-state index contributed by atoms with van der Waals surface area (Å²) in [5.74, 6) is 5.58. The van der Waals surface area contributed by atoms with Crippen LogP contribution in [0.2, 0.25) is 0 Å². The van der Waals surface area contributed by atoms with E-state index >= 15 is 0 Å². The smallest absolute Gasteiger partial charge is 0.318 e. The summed E-state index contributed by atoms with van der Waals surface area (Å²) < 4.78 is 5.41. The molecule has 3 amide bonds. The summed E-state index contributed by atoms with van der Waals surface area (Å²) in [5.41, 5.74) is 5.58. The molecule has 2 aromatic carbocycles. The van der Waals surface area contributed by atoms with E-state index in [1.54, 1.807) is 4.90 Å². The molecule has 2 aromatic rings. The predicted octanol–water partition coefficient (Wildman–Crippen LogP) is 1.01. The SMILES string of the molecule is C[C@@H](O)[C@@H](NC(=O)N1CCN(c2ccc(C#Cc3ccc(N4CCOCC4)cc3)cc2)CC1)C(=O)NO. The van der Waals surface area contributed by atoms with Crippen LogP contribution in [0.1, 0.15) is 18.1 Å². The van der Waals surface area contributed by atoms with E-state index in [9.17, 15) is 14.7 Å². The standard InChI is InChI=1S/C27H33N5O5/c1-20(33)25(26(34)29-36)28-27(35)32-14-12-30(13-15-32)23-8-4-21(5-9-23)2-3-22-6-10-24(11-7-22)31-16-18-37-19-17-31/h4-11,20,25,33,36H,12-19H2,1H3,(H,28,35)(H,29,34)/t20-,25-/m1/s1. The monoisotopic (exact) mass is 507 g/mol. The minimum absolute atomic E-state index is 0.459. The Labute approximate surface area is 216 Å². The van der Waals surface area contributed by atoms with Gasteiger partial charge in [-0.15, -0.1) is 0 Å². The number of benzene rings is 2. The maximum absolute atomic E-state index is 12.5. The molecule has 0 radical (unpaired) electrons. The molecule has 0 aromatic heterocycles. The van der Waals surface area contributed by atoms with E-state index in [4.69, 9.17) is 9.94 Å². The van der Waals surface area contributed by atoms with Crippen molar-refractivity contribution in [2.75, 3.05) is 62.3 Å². The second-order valence-electron chi connectivity index (χ2n) is 9.06. The summed E-state index contributed by atoms with van der Waals surface area (Å²) in [6.07, 6.45) is -1.14. The summed E-state index contributed by atoms with van der Waals surface area (Å²) in [5, 5.41) is 21.0. The van der Waals surface area contributed by atoms with Crippen LogP contribution in [0.15, 0.2) is 48.5 Å². The van der Waals surface area contributed by atoms with Crippen molar-refractivity contribution < 1.29 is 24.6 Å². The van der Waals surface area contributed by atoms with Crippen LogP contribution in [0.25, 0.3) is 0 Å². The van der Waals surface area contributed by atoms with Crippen LogP contribution in [0, 0.1) is 11.8 Å². The first-order valence-electron chi connectivity index (χ1n) is 12.4. The van der Waals surface area contributed by atoms with Crippen molar-refractivity contribution in [3.05, 3.63) is 59.7 Å². The van der Waals surface area contributed by atoms with Crippen LogP contribution in [0.3, 0.4) is 0 Å². The second kappa shape index (κ2) is 12.5. The number of nitrogens with one attached hydrogen (secondary N) is 2. The molecule has 4 rings (SSSR count). The highest BCUT2D eigenvalue weighted by Gasteiger charge is 2.29. The number of anilines is 2. The quantitative estimate of drug-likeness (QED) is 0.271. The number of amides is 3. The summed E-state index contributed by atoms with van der Waals surface area (Å²) in [7, 11) is 0.